The fourth-order valence-corrected chi connectivity index (χ4v) is 5.65. The van der Waals surface area contributed by atoms with Crippen molar-refractivity contribution in [3.63, 3.8) is 0 Å². The molecule has 2 aliphatic rings. The van der Waals surface area contributed by atoms with Gasteiger partial charge in [-0.05, 0) is 56.2 Å². The summed E-state index contributed by atoms with van der Waals surface area (Å²) in [6, 6.07) is 3.05. The van der Waals surface area contributed by atoms with Crippen molar-refractivity contribution in [3.05, 3.63) is 45.2 Å². The van der Waals surface area contributed by atoms with E-state index in [4.69, 9.17) is 0 Å². The van der Waals surface area contributed by atoms with Gasteiger partial charge >= 0.3 is 6.18 Å². The highest BCUT2D eigenvalue weighted by atomic mass is 32.1. The largest absolute Gasteiger partial charge is 0.433 e. The van der Waals surface area contributed by atoms with E-state index in [0.29, 0.717) is 25.2 Å². The molecule has 0 spiro atoms. The van der Waals surface area contributed by atoms with Crippen molar-refractivity contribution < 1.29 is 18.0 Å². The molecule has 1 saturated heterocycles. The topological polar surface area (TPSA) is 63.4 Å². The number of amides is 1. The average Bonchev–Trinajstić information content (AvgIpc) is 3.38. The summed E-state index contributed by atoms with van der Waals surface area (Å²) in [5.41, 5.74) is 0.691. The minimum absolute atomic E-state index is 0.0287. The predicted molar refractivity (Wildman–Crippen MR) is 105 cm³/mol. The summed E-state index contributed by atoms with van der Waals surface area (Å²) in [5, 5.41) is 4.06. The fraction of sp³-hybridized carbons (Fsp3) is 0.500. The SMILES string of the molecule is O=C(c1cc2c(s1)CCCC2)N1CCCC(c2cc(C(F)(F)F)nc3ncnn23)C1. The lowest BCUT2D eigenvalue weighted by Crippen LogP contribution is -2.39. The van der Waals surface area contributed by atoms with Crippen molar-refractivity contribution in [1.29, 1.82) is 0 Å². The molecule has 30 heavy (non-hydrogen) atoms. The van der Waals surface area contributed by atoms with E-state index in [2.05, 4.69) is 15.1 Å². The molecule has 0 aromatic carbocycles. The van der Waals surface area contributed by atoms with Crippen molar-refractivity contribution in [2.24, 2.45) is 0 Å². The highest BCUT2D eigenvalue weighted by Crippen LogP contribution is 2.35. The zero-order valence-corrected chi connectivity index (χ0v) is 17.0. The Morgan fingerprint density at radius 1 is 1.17 bits per heavy atom. The van der Waals surface area contributed by atoms with Crippen LogP contribution < -0.4 is 0 Å². The Hall–Kier alpha value is -2.49. The monoisotopic (exact) mass is 435 g/mol. The predicted octanol–water partition coefficient (Wildman–Crippen LogP) is 4.10. The number of hydrogen-bond acceptors (Lipinski definition) is 5. The molecular formula is C20H20F3N5OS. The average molecular weight is 435 g/mol. The van der Waals surface area contributed by atoms with E-state index in [1.807, 2.05) is 6.07 Å². The molecule has 0 bridgehead atoms. The lowest BCUT2D eigenvalue weighted by atomic mass is 9.93. The maximum absolute atomic E-state index is 13.3. The summed E-state index contributed by atoms with van der Waals surface area (Å²) >= 11 is 1.57. The number of nitrogens with zero attached hydrogens (tertiary/aromatic N) is 5. The van der Waals surface area contributed by atoms with E-state index < -0.39 is 11.9 Å². The van der Waals surface area contributed by atoms with Gasteiger partial charge in [0.15, 0.2) is 0 Å². The van der Waals surface area contributed by atoms with Crippen LogP contribution >= 0.6 is 11.3 Å². The van der Waals surface area contributed by atoms with Gasteiger partial charge in [-0.3, -0.25) is 4.79 Å². The summed E-state index contributed by atoms with van der Waals surface area (Å²) < 4.78 is 41.3. The zero-order valence-electron chi connectivity index (χ0n) is 16.2. The quantitative estimate of drug-likeness (QED) is 0.608. The van der Waals surface area contributed by atoms with Gasteiger partial charge in [0.1, 0.15) is 12.0 Å². The lowest BCUT2D eigenvalue weighted by molar-refractivity contribution is -0.141. The molecule has 158 valence electrons. The van der Waals surface area contributed by atoms with E-state index in [1.165, 1.54) is 21.3 Å². The molecule has 1 aliphatic carbocycles. The van der Waals surface area contributed by atoms with Crippen LogP contribution in [0.3, 0.4) is 0 Å². The maximum atomic E-state index is 13.3. The molecule has 0 radical (unpaired) electrons. The zero-order chi connectivity index (χ0) is 20.9. The number of likely N-dealkylation sites (tertiary alicyclic amines) is 1. The second-order valence-electron chi connectivity index (χ2n) is 7.89. The van der Waals surface area contributed by atoms with Crippen LogP contribution in [0.2, 0.25) is 0 Å². The van der Waals surface area contributed by atoms with Crippen LogP contribution in [0, 0.1) is 0 Å². The molecule has 1 fully saturated rings. The highest BCUT2D eigenvalue weighted by Gasteiger charge is 2.36. The molecule has 3 aromatic rings. The third-order valence-corrected chi connectivity index (χ3v) is 7.13. The Morgan fingerprint density at radius 2 is 2.00 bits per heavy atom. The number of carbonyl (C=O) groups excluding carboxylic acids is 1. The van der Waals surface area contributed by atoms with Gasteiger partial charge in [0.2, 0.25) is 0 Å². The van der Waals surface area contributed by atoms with Gasteiger partial charge in [-0.1, -0.05) is 0 Å². The standard InChI is InChI=1S/C20H20F3N5OS/c21-20(22,23)17-9-14(28-19(26-17)24-11-25-28)13-5-3-7-27(10-13)18(29)16-8-12-4-1-2-6-15(12)30-16/h8-9,11,13H,1-7,10H2. The molecule has 1 unspecified atom stereocenters. The van der Waals surface area contributed by atoms with Crippen molar-refractivity contribution >= 4 is 23.0 Å². The number of thiophene rings is 1. The maximum Gasteiger partial charge on any atom is 0.433 e. The summed E-state index contributed by atoms with van der Waals surface area (Å²) in [5.74, 6) is -0.362. The molecule has 6 nitrogen and oxygen atoms in total. The van der Waals surface area contributed by atoms with Gasteiger partial charge < -0.3 is 4.90 Å². The number of carbonyl (C=O) groups is 1. The smallest absolute Gasteiger partial charge is 0.337 e. The number of alkyl halides is 3. The Balaban J connectivity index is 1.44. The van der Waals surface area contributed by atoms with Crippen LogP contribution in [-0.2, 0) is 19.0 Å². The summed E-state index contributed by atoms with van der Waals surface area (Å²) in [4.78, 5) is 24.4. The van der Waals surface area contributed by atoms with Crippen LogP contribution in [0.15, 0.2) is 18.5 Å². The van der Waals surface area contributed by atoms with Crippen molar-refractivity contribution in [1.82, 2.24) is 24.5 Å². The molecular weight excluding hydrogens is 415 g/mol. The molecule has 10 heteroatoms. The van der Waals surface area contributed by atoms with Crippen LogP contribution in [0.4, 0.5) is 13.2 Å². The first-order valence-corrected chi connectivity index (χ1v) is 10.9. The van der Waals surface area contributed by atoms with Crippen LogP contribution in [0.1, 0.15) is 63.1 Å². The molecule has 5 rings (SSSR count). The fourth-order valence-electron chi connectivity index (χ4n) is 4.43. The number of hydrogen-bond donors (Lipinski definition) is 0. The Labute approximate surface area is 174 Å². The summed E-state index contributed by atoms with van der Waals surface area (Å²) in [6.07, 6.45) is 2.39. The normalized spacial score (nSPS) is 19.8. The first-order valence-electron chi connectivity index (χ1n) is 10.1. The van der Waals surface area contributed by atoms with Crippen molar-refractivity contribution in [2.75, 3.05) is 13.1 Å². The molecule has 1 amide bonds. The summed E-state index contributed by atoms with van der Waals surface area (Å²) in [7, 11) is 0. The van der Waals surface area contributed by atoms with Gasteiger partial charge in [-0.25, -0.2) is 9.50 Å². The number of piperidine rings is 1. The lowest BCUT2D eigenvalue weighted by Gasteiger charge is -2.32. The second-order valence-corrected chi connectivity index (χ2v) is 9.03. The minimum atomic E-state index is -4.57. The number of rotatable bonds is 2. The first-order chi connectivity index (χ1) is 14.4. The second kappa shape index (κ2) is 7.33. The van der Waals surface area contributed by atoms with E-state index in [-0.39, 0.29) is 17.6 Å². The number of aromatic nitrogens is 4. The molecule has 3 aromatic heterocycles. The minimum Gasteiger partial charge on any atom is -0.337 e. The van der Waals surface area contributed by atoms with Gasteiger partial charge in [0.05, 0.1) is 10.6 Å². The van der Waals surface area contributed by atoms with Gasteiger partial charge in [0.25, 0.3) is 11.7 Å². The van der Waals surface area contributed by atoms with E-state index >= 15 is 0 Å². The van der Waals surface area contributed by atoms with E-state index in [1.54, 1.807) is 16.2 Å². The molecule has 0 saturated carbocycles. The molecule has 1 atom stereocenters. The highest BCUT2D eigenvalue weighted by molar-refractivity contribution is 7.14. The van der Waals surface area contributed by atoms with Gasteiger partial charge in [-0.15, -0.1) is 11.3 Å². The van der Waals surface area contributed by atoms with Crippen molar-refractivity contribution in [3.8, 4) is 0 Å². The Kier molecular flexibility index (Phi) is 4.76. The Morgan fingerprint density at radius 3 is 2.80 bits per heavy atom. The third-order valence-electron chi connectivity index (χ3n) is 5.90. The molecule has 1 aliphatic heterocycles. The number of halogens is 3. The van der Waals surface area contributed by atoms with Crippen LogP contribution in [0.25, 0.3) is 5.78 Å². The van der Waals surface area contributed by atoms with Gasteiger partial charge in [0, 0.05) is 23.9 Å². The molecule has 4 heterocycles. The van der Waals surface area contributed by atoms with E-state index in [9.17, 15) is 18.0 Å². The first kappa shape index (κ1) is 19.5. The van der Waals surface area contributed by atoms with Crippen LogP contribution in [0.5, 0.6) is 0 Å². The number of aryl methyl sites for hydroxylation is 2. The Bertz CT molecular complexity index is 1080. The van der Waals surface area contributed by atoms with Crippen molar-refractivity contribution in [2.45, 2.75) is 50.6 Å². The third kappa shape index (κ3) is 3.46. The van der Waals surface area contributed by atoms with E-state index in [0.717, 1.165) is 43.0 Å². The number of fused-ring (bicyclic) bond motifs is 2. The van der Waals surface area contributed by atoms with Crippen LogP contribution in [-0.4, -0.2) is 43.5 Å². The van der Waals surface area contributed by atoms with Gasteiger partial charge in [-0.2, -0.15) is 23.3 Å². The molecule has 0 N–H and O–H groups in total. The summed E-state index contributed by atoms with van der Waals surface area (Å²) in [6.45, 7) is 0.966.